The van der Waals surface area contributed by atoms with Crippen LogP contribution in [0.2, 0.25) is 0 Å². The van der Waals surface area contributed by atoms with E-state index in [0.29, 0.717) is 6.42 Å². The van der Waals surface area contributed by atoms with Crippen molar-refractivity contribution in [3.63, 3.8) is 0 Å². The molecule has 0 spiro atoms. The highest BCUT2D eigenvalue weighted by Crippen LogP contribution is 2.19. The second-order valence-electron chi connectivity index (χ2n) is 4.38. The highest BCUT2D eigenvalue weighted by Gasteiger charge is 2.16. The Hall–Kier alpha value is -2.50. The second-order valence-corrected chi connectivity index (χ2v) is 4.38. The summed E-state index contributed by atoms with van der Waals surface area (Å²) in [6.07, 6.45) is 0.638. The molecule has 0 saturated heterocycles. The molecule has 0 amide bonds. The SMILES string of the molecule is CCC(Nc1ccc(-c2cc(=O)[nH][nH]2)cc1)C(=O)OC. The van der Waals surface area contributed by atoms with Crippen molar-refractivity contribution in [2.45, 2.75) is 19.4 Å². The average Bonchev–Trinajstić information content (AvgIpc) is 2.91. The maximum absolute atomic E-state index is 11.5. The molecule has 6 nitrogen and oxygen atoms in total. The van der Waals surface area contributed by atoms with Gasteiger partial charge in [-0.2, -0.15) is 0 Å². The van der Waals surface area contributed by atoms with Gasteiger partial charge in [-0.15, -0.1) is 0 Å². The lowest BCUT2D eigenvalue weighted by atomic mass is 10.1. The fourth-order valence-corrected chi connectivity index (χ4v) is 1.90. The lowest BCUT2D eigenvalue weighted by Crippen LogP contribution is -2.29. The number of rotatable bonds is 5. The lowest BCUT2D eigenvalue weighted by molar-refractivity contribution is -0.141. The second kappa shape index (κ2) is 6.10. The third-order valence-corrected chi connectivity index (χ3v) is 3.03. The largest absolute Gasteiger partial charge is 0.467 e. The number of aromatic nitrogens is 2. The third kappa shape index (κ3) is 3.09. The van der Waals surface area contributed by atoms with Crippen LogP contribution < -0.4 is 10.9 Å². The minimum absolute atomic E-state index is 0.168. The first-order valence-corrected chi connectivity index (χ1v) is 6.36. The molecule has 1 atom stereocenters. The van der Waals surface area contributed by atoms with Crippen LogP contribution in [0.4, 0.5) is 5.69 Å². The van der Waals surface area contributed by atoms with Gasteiger partial charge < -0.3 is 10.1 Å². The lowest BCUT2D eigenvalue weighted by Gasteiger charge is -2.15. The first-order chi connectivity index (χ1) is 9.63. The molecular formula is C14H17N3O3. The van der Waals surface area contributed by atoms with Crippen LogP contribution >= 0.6 is 0 Å². The molecule has 3 N–H and O–H groups in total. The van der Waals surface area contributed by atoms with Crippen LogP contribution in [-0.4, -0.2) is 29.3 Å². The van der Waals surface area contributed by atoms with Gasteiger partial charge in [-0.1, -0.05) is 19.1 Å². The number of aromatic amines is 2. The fraction of sp³-hybridized carbons (Fsp3) is 0.286. The van der Waals surface area contributed by atoms with E-state index in [0.717, 1.165) is 16.9 Å². The van der Waals surface area contributed by atoms with Gasteiger partial charge in [0.15, 0.2) is 0 Å². The third-order valence-electron chi connectivity index (χ3n) is 3.03. The van der Waals surface area contributed by atoms with Crippen molar-refractivity contribution >= 4 is 11.7 Å². The number of H-pyrrole nitrogens is 2. The van der Waals surface area contributed by atoms with Crippen LogP contribution in [0.25, 0.3) is 11.3 Å². The highest BCUT2D eigenvalue weighted by molar-refractivity contribution is 5.79. The number of carbonyl (C=O) groups excluding carboxylic acids is 1. The minimum atomic E-state index is -0.363. The van der Waals surface area contributed by atoms with E-state index in [-0.39, 0.29) is 17.6 Å². The van der Waals surface area contributed by atoms with E-state index in [4.69, 9.17) is 4.74 Å². The number of methoxy groups -OCH3 is 1. The van der Waals surface area contributed by atoms with Gasteiger partial charge in [0.2, 0.25) is 0 Å². The molecule has 0 aliphatic heterocycles. The Morgan fingerprint density at radius 2 is 2.00 bits per heavy atom. The normalized spacial score (nSPS) is 11.9. The minimum Gasteiger partial charge on any atom is -0.467 e. The standard InChI is InChI=1S/C14H17N3O3/c1-3-11(14(19)20-2)15-10-6-4-9(5-7-10)12-8-13(18)17-16-12/h4-8,11,15H,3H2,1-2H3,(H2,16,17,18). The molecule has 2 aromatic rings. The van der Waals surface area contributed by atoms with Gasteiger partial charge in [0.25, 0.3) is 5.56 Å². The van der Waals surface area contributed by atoms with E-state index in [2.05, 4.69) is 15.5 Å². The van der Waals surface area contributed by atoms with Gasteiger partial charge in [-0.3, -0.25) is 15.0 Å². The Kier molecular flexibility index (Phi) is 4.24. The molecule has 1 aromatic carbocycles. The smallest absolute Gasteiger partial charge is 0.328 e. The summed E-state index contributed by atoms with van der Waals surface area (Å²) in [6.45, 7) is 1.91. The zero-order valence-corrected chi connectivity index (χ0v) is 11.4. The van der Waals surface area contributed by atoms with E-state index in [1.165, 1.54) is 13.2 Å². The van der Waals surface area contributed by atoms with Gasteiger partial charge in [0.1, 0.15) is 6.04 Å². The molecule has 6 heteroatoms. The highest BCUT2D eigenvalue weighted by atomic mass is 16.5. The van der Waals surface area contributed by atoms with Crippen LogP contribution in [0, 0.1) is 0 Å². The van der Waals surface area contributed by atoms with Crippen LogP contribution in [0.1, 0.15) is 13.3 Å². The Balaban J connectivity index is 2.12. The quantitative estimate of drug-likeness (QED) is 0.725. The molecule has 0 aliphatic carbocycles. The molecule has 2 rings (SSSR count). The molecule has 1 unspecified atom stereocenters. The number of hydrogen-bond acceptors (Lipinski definition) is 4. The summed E-state index contributed by atoms with van der Waals surface area (Å²) in [7, 11) is 1.37. The summed E-state index contributed by atoms with van der Waals surface area (Å²) in [5, 5.41) is 8.39. The molecule has 1 aromatic heterocycles. The molecule has 1 heterocycles. The van der Waals surface area contributed by atoms with E-state index in [1.54, 1.807) is 0 Å². The number of esters is 1. The molecule has 106 valence electrons. The van der Waals surface area contributed by atoms with Gasteiger partial charge in [-0.25, -0.2) is 4.79 Å². The van der Waals surface area contributed by atoms with Crippen molar-refractivity contribution in [1.82, 2.24) is 10.2 Å². The van der Waals surface area contributed by atoms with Crippen LogP contribution in [0.3, 0.4) is 0 Å². The van der Waals surface area contributed by atoms with E-state index < -0.39 is 0 Å². The fourth-order valence-electron chi connectivity index (χ4n) is 1.90. The van der Waals surface area contributed by atoms with Gasteiger partial charge >= 0.3 is 5.97 Å². The molecule has 0 bridgehead atoms. The first-order valence-electron chi connectivity index (χ1n) is 6.36. The molecular weight excluding hydrogens is 258 g/mol. The van der Waals surface area contributed by atoms with E-state index in [1.807, 2.05) is 31.2 Å². The Morgan fingerprint density at radius 3 is 2.50 bits per heavy atom. The van der Waals surface area contributed by atoms with E-state index in [9.17, 15) is 9.59 Å². The maximum Gasteiger partial charge on any atom is 0.328 e. The Labute approximate surface area is 116 Å². The van der Waals surface area contributed by atoms with Gasteiger partial charge in [0.05, 0.1) is 12.8 Å². The predicted molar refractivity (Wildman–Crippen MR) is 76.6 cm³/mol. The molecule has 20 heavy (non-hydrogen) atoms. The zero-order chi connectivity index (χ0) is 14.5. The van der Waals surface area contributed by atoms with Crippen molar-refractivity contribution in [2.24, 2.45) is 0 Å². The maximum atomic E-state index is 11.5. The van der Waals surface area contributed by atoms with Crippen LogP contribution in [-0.2, 0) is 9.53 Å². The molecule has 0 aliphatic rings. The van der Waals surface area contributed by atoms with Crippen LogP contribution in [0.15, 0.2) is 35.1 Å². The number of benzene rings is 1. The summed E-state index contributed by atoms with van der Waals surface area (Å²) in [5.74, 6) is -0.286. The van der Waals surface area contributed by atoms with E-state index >= 15 is 0 Å². The summed E-state index contributed by atoms with van der Waals surface area (Å²) in [6, 6.07) is 8.57. The van der Waals surface area contributed by atoms with Crippen molar-refractivity contribution in [3.8, 4) is 11.3 Å². The molecule has 0 saturated carbocycles. The number of carbonyl (C=O) groups is 1. The predicted octanol–water partition coefficient (Wildman–Crippen LogP) is 1.73. The van der Waals surface area contributed by atoms with Crippen molar-refractivity contribution < 1.29 is 9.53 Å². The molecule has 0 fully saturated rings. The number of nitrogens with one attached hydrogen (secondary N) is 3. The summed E-state index contributed by atoms with van der Waals surface area (Å²) < 4.78 is 4.73. The van der Waals surface area contributed by atoms with Crippen LogP contribution in [0.5, 0.6) is 0 Å². The van der Waals surface area contributed by atoms with Crippen molar-refractivity contribution in [1.29, 1.82) is 0 Å². The first kappa shape index (κ1) is 13.9. The van der Waals surface area contributed by atoms with Crippen molar-refractivity contribution in [3.05, 3.63) is 40.7 Å². The van der Waals surface area contributed by atoms with Gasteiger partial charge in [0, 0.05) is 11.8 Å². The molecule has 0 radical (unpaired) electrons. The zero-order valence-electron chi connectivity index (χ0n) is 11.4. The summed E-state index contributed by atoms with van der Waals surface area (Å²) in [4.78, 5) is 22.6. The van der Waals surface area contributed by atoms with Crippen molar-refractivity contribution in [2.75, 3.05) is 12.4 Å². The monoisotopic (exact) mass is 275 g/mol. The summed E-state index contributed by atoms with van der Waals surface area (Å²) in [5.41, 5.74) is 2.27. The number of hydrogen-bond donors (Lipinski definition) is 3. The Morgan fingerprint density at radius 1 is 1.30 bits per heavy atom. The average molecular weight is 275 g/mol. The Bertz CT molecular complexity index is 628. The number of anilines is 1. The summed E-state index contributed by atoms with van der Waals surface area (Å²) >= 11 is 0. The van der Waals surface area contributed by atoms with Gasteiger partial charge in [-0.05, 0) is 24.1 Å². The number of ether oxygens (including phenoxy) is 1. The topological polar surface area (TPSA) is 87.0 Å².